The second-order valence-electron chi connectivity index (χ2n) is 9.33. The molecule has 202 valence electrons. The molecule has 0 atom stereocenters. The van der Waals surface area contributed by atoms with Crippen LogP contribution in [0.4, 0.5) is 5.69 Å². The molecule has 2 aliphatic rings. The van der Waals surface area contributed by atoms with Crippen LogP contribution < -0.4 is 9.64 Å². The normalized spacial score (nSPS) is 16.7. The summed E-state index contributed by atoms with van der Waals surface area (Å²) in [4.78, 5) is 17.3. The van der Waals surface area contributed by atoms with E-state index in [2.05, 4.69) is 15.1 Å². The van der Waals surface area contributed by atoms with E-state index in [4.69, 9.17) is 4.74 Å². The van der Waals surface area contributed by atoms with Gasteiger partial charge in [-0.3, -0.25) is 4.79 Å². The number of aromatic nitrogens is 3. The molecule has 2 aliphatic heterocycles. The maximum atomic E-state index is 12.9. The first kappa shape index (κ1) is 26.5. The van der Waals surface area contributed by atoms with Gasteiger partial charge in [-0.15, -0.1) is 10.2 Å². The van der Waals surface area contributed by atoms with Crippen molar-refractivity contribution in [2.24, 2.45) is 7.05 Å². The smallest absolute Gasteiger partial charge is 0.243 e. The zero-order valence-electron chi connectivity index (χ0n) is 21.6. The zero-order chi connectivity index (χ0) is 26.7. The second kappa shape index (κ2) is 11.3. The molecule has 1 amide bonds. The number of para-hydroxylation sites is 2. The molecule has 12 heteroatoms. The van der Waals surface area contributed by atoms with E-state index in [1.54, 1.807) is 31.4 Å². The van der Waals surface area contributed by atoms with E-state index in [0.717, 1.165) is 42.9 Å². The highest BCUT2D eigenvalue weighted by Crippen LogP contribution is 2.29. The fourth-order valence-corrected chi connectivity index (χ4v) is 7.18. The molecule has 0 N–H and O–H groups in total. The summed E-state index contributed by atoms with van der Waals surface area (Å²) in [5, 5.41) is 9.20. The van der Waals surface area contributed by atoms with E-state index in [9.17, 15) is 13.2 Å². The number of amides is 1. The topological polar surface area (TPSA) is 101 Å². The molecular weight excluding hydrogens is 524 g/mol. The van der Waals surface area contributed by atoms with Crippen LogP contribution in [0.3, 0.4) is 0 Å². The van der Waals surface area contributed by atoms with Crippen LogP contribution in [0.1, 0.15) is 12.8 Å². The predicted molar refractivity (Wildman–Crippen MR) is 147 cm³/mol. The van der Waals surface area contributed by atoms with Crippen LogP contribution in [0.2, 0.25) is 0 Å². The highest BCUT2D eigenvalue weighted by Gasteiger charge is 2.27. The number of hydrogen-bond acceptors (Lipinski definition) is 8. The Kier molecular flexibility index (Phi) is 7.91. The van der Waals surface area contributed by atoms with Gasteiger partial charge in [-0.05, 0) is 49.2 Å². The molecular formula is C26H32N6O4S2. The van der Waals surface area contributed by atoms with Gasteiger partial charge in [-0.1, -0.05) is 23.9 Å². The molecule has 2 fully saturated rings. The third kappa shape index (κ3) is 5.38. The number of piperazine rings is 1. The number of thioether (sulfide) groups is 1. The summed E-state index contributed by atoms with van der Waals surface area (Å²) in [6.45, 7) is 3.93. The molecule has 2 aromatic carbocycles. The SMILES string of the molecule is COc1ccccc1N1CCN(C(=O)CSc2nnc(-c3ccc(S(=O)(=O)N4CCCC4)cc3)n2C)CC1. The molecule has 0 unspecified atom stereocenters. The van der Waals surface area contributed by atoms with Gasteiger partial charge in [0, 0.05) is 51.9 Å². The Morgan fingerprint density at radius 1 is 0.947 bits per heavy atom. The molecule has 1 aromatic heterocycles. The predicted octanol–water partition coefficient (Wildman–Crippen LogP) is 2.72. The van der Waals surface area contributed by atoms with E-state index in [1.807, 2.05) is 40.8 Å². The van der Waals surface area contributed by atoms with Gasteiger partial charge in [0.05, 0.1) is 23.4 Å². The number of methoxy groups -OCH3 is 1. The van der Waals surface area contributed by atoms with Crippen LogP contribution in [0.25, 0.3) is 11.4 Å². The first-order valence-corrected chi connectivity index (χ1v) is 15.1. The van der Waals surface area contributed by atoms with E-state index in [0.29, 0.717) is 37.2 Å². The van der Waals surface area contributed by atoms with Crippen molar-refractivity contribution in [3.63, 3.8) is 0 Å². The summed E-state index contributed by atoms with van der Waals surface area (Å²) in [5.41, 5.74) is 1.82. The van der Waals surface area contributed by atoms with E-state index in [1.165, 1.54) is 16.1 Å². The number of ether oxygens (including phenoxy) is 1. The fourth-order valence-electron chi connectivity index (χ4n) is 4.85. The van der Waals surface area contributed by atoms with Crippen molar-refractivity contribution in [2.45, 2.75) is 22.9 Å². The Labute approximate surface area is 227 Å². The van der Waals surface area contributed by atoms with Crippen LogP contribution in [0.5, 0.6) is 5.75 Å². The Hall–Kier alpha value is -3.09. The molecule has 0 aliphatic carbocycles. The number of carbonyl (C=O) groups is 1. The number of carbonyl (C=O) groups excluding carboxylic acids is 1. The Bertz CT molecular complexity index is 1380. The number of sulfonamides is 1. The summed E-state index contributed by atoms with van der Waals surface area (Å²) in [5.74, 6) is 1.79. The Balaban J connectivity index is 1.17. The quantitative estimate of drug-likeness (QED) is 0.391. The monoisotopic (exact) mass is 556 g/mol. The van der Waals surface area contributed by atoms with Gasteiger partial charge in [0.15, 0.2) is 11.0 Å². The summed E-state index contributed by atoms with van der Waals surface area (Å²) in [6.07, 6.45) is 1.80. The van der Waals surface area contributed by atoms with Gasteiger partial charge in [0.25, 0.3) is 0 Å². The summed E-state index contributed by atoms with van der Waals surface area (Å²) in [7, 11) is 0.0602. The third-order valence-electron chi connectivity index (χ3n) is 7.03. The van der Waals surface area contributed by atoms with Crippen molar-refractivity contribution in [2.75, 3.05) is 57.0 Å². The number of hydrogen-bond donors (Lipinski definition) is 0. The van der Waals surface area contributed by atoms with Gasteiger partial charge in [-0.25, -0.2) is 8.42 Å². The van der Waals surface area contributed by atoms with Crippen molar-refractivity contribution in [3.8, 4) is 17.1 Å². The molecule has 0 bridgehead atoms. The van der Waals surface area contributed by atoms with Crippen molar-refractivity contribution in [1.82, 2.24) is 24.0 Å². The zero-order valence-corrected chi connectivity index (χ0v) is 23.2. The maximum absolute atomic E-state index is 12.9. The van der Waals surface area contributed by atoms with Crippen LogP contribution in [-0.2, 0) is 21.9 Å². The highest BCUT2D eigenvalue weighted by molar-refractivity contribution is 7.99. The summed E-state index contributed by atoms with van der Waals surface area (Å²) < 4.78 is 34.4. The van der Waals surface area contributed by atoms with Crippen molar-refractivity contribution >= 4 is 33.4 Å². The van der Waals surface area contributed by atoms with Crippen LogP contribution in [-0.4, -0.2) is 90.4 Å². The first-order valence-electron chi connectivity index (χ1n) is 12.7. The summed E-state index contributed by atoms with van der Waals surface area (Å²) >= 11 is 1.35. The average Bonchev–Trinajstić information content (AvgIpc) is 3.63. The van der Waals surface area contributed by atoms with E-state index in [-0.39, 0.29) is 16.6 Å². The van der Waals surface area contributed by atoms with Gasteiger partial charge >= 0.3 is 0 Å². The van der Waals surface area contributed by atoms with Gasteiger partial charge in [-0.2, -0.15) is 4.31 Å². The van der Waals surface area contributed by atoms with Crippen molar-refractivity contribution in [3.05, 3.63) is 48.5 Å². The molecule has 10 nitrogen and oxygen atoms in total. The average molecular weight is 557 g/mol. The lowest BCUT2D eigenvalue weighted by molar-refractivity contribution is -0.128. The molecule has 2 saturated heterocycles. The van der Waals surface area contributed by atoms with E-state index >= 15 is 0 Å². The lowest BCUT2D eigenvalue weighted by Gasteiger charge is -2.36. The second-order valence-corrected chi connectivity index (χ2v) is 12.2. The molecule has 0 saturated carbocycles. The molecule has 38 heavy (non-hydrogen) atoms. The minimum atomic E-state index is -3.46. The fraction of sp³-hybridized carbons (Fsp3) is 0.423. The van der Waals surface area contributed by atoms with Crippen LogP contribution in [0.15, 0.2) is 58.6 Å². The molecule has 3 aromatic rings. The first-order chi connectivity index (χ1) is 18.4. The maximum Gasteiger partial charge on any atom is 0.243 e. The van der Waals surface area contributed by atoms with Gasteiger partial charge < -0.3 is 19.1 Å². The number of nitrogens with zero attached hydrogens (tertiary/aromatic N) is 6. The van der Waals surface area contributed by atoms with Crippen LogP contribution in [0, 0.1) is 0 Å². The molecule has 5 rings (SSSR count). The van der Waals surface area contributed by atoms with Gasteiger partial charge in [0.1, 0.15) is 5.75 Å². The molecule has 3 heterocycles. The number of anilines is 1. The minimum absolute atomic E-state index is 0.0655. The summed E-state index contributed by atoms with van der Waals surface area (Å²) in [6, 6.07) is 14.7. The molecule has 0 spiro atoms. The Morgan fingerprint density at radius 2 is 1.63 bits per heavy atom. The standard InChI is InChI=1S/C26H32N6O4S2/c1-29-25(20-9-11-21(12-10-20)38(34,35)32-13-5-6-14-32)27-28-26(29)37-19-24(33)31-17-15-30(16-18-31)22-7-3-4-8-23(22)36-2/h3-4,7-12H,5-6,13-19H2,1-2H3. The molecule has 0 radical (unpaired) electrons. The van der Waals surface area contributed by atoms with Crippen molar-refractivity contribution in [1.29, 1.82) is 0 Å². The highest BCUT2D eigenvalue weighted by atomic mass is 32.2. The number of benzene rings is 2. The third-order valence-corrected chi connectivity index (χ3v) is 9.95. The minimum Gasteiger partial charge on any atom is -0.495 e. The van der Waals surface area contributed by atoms with Gasteiger partial charge in [0.2, 0.25) is 15.9 Å². The van der Waals surface area contributed by atoms with E-state index < -0.39 is 10.0 Å². The Morgan fingerprint density at radius 3 is 2.32 bits per heavy atom. The number of rotatable bonds is 8. The van der Waals surface area contributed by atoms with Crippen molar-refractivity contribution < 1.29 is 17.9 Å². The largest absolute Gasteiger partial charge is 0.495 e. The lowest BCUT2D eigenvalue weighted by atomic mass is 10.2. The lowest BCUT2D eigenvalue weighted by Crippen LogP contribution is -2.49. The van der Waals surface area contributed by atoms with Crippen LogP contribution >= 0.6 is 11.8 Å².